The first-order chi connectivity index (χ1) is 18.9. The molecule has 5 rings (SSSR count). The number of aliphatic carboxylic acids is 1. The van der Waals surface area contributed by atoms with E-state index >= 15 is 0 Å². The molecule has 2 saturated heterocycles. The zero-order chi connectivity index (χ0) is 28.7. The summed E-state index contributed by atoms with van der Waals surface area (Å²) in [5.74, 6) is -2.45. The van der Waals surface area contributed by atoms with Gasteiger partial charge >= 0.3 is 13.7 Å². The number of primary amides is 1. The topological polar surface area (TPSA) is 159 Å². The third-order valence-corrected chi connectivity index (χ3v) is 8.38. The van der Waals surface area contributed by atoms with Gasteiger partial charge in [-0.25, -0.2) is 4.57 Å². The Morgan fingerprint density at radius 1 is 1.20 bits per heavy atom. The minimum absolute atomic E-state index is 0.263. The molecule has 2 fully saturated rings. The number of allylic oxidation sites excluding steroid dienone is 1. The Balaban J connectivity index is 1.39. The first-order valence-electron chi connectivity index (χ1n) is 12.8. The maximum Gasteiger partial charge on any atom is 0.459 e. The third-order valence-electron chi connectivity index (χ3n) is 6.75. The van der Waals surface area contributed by atoms with Gasteiger partial charge in [-0.2, -0.15) is 5.09 Å². The van der Waals surface area contributed by atoms with E-state index in [4.69, 9.17) is 29.0 Å². The van der Waals surface area contributed by atoms with Crippen LogP contribution in [0.2, 0.25) is 0 Å². The highest BCUT2D eigenvalue weighted by Gasteiger charge is 2.57. The average molecular weight is 574 g/mol. The molecule has 214 valence electrons. The monoisotopic (exact) mass is 573 g/mol. The fraction of sp³-hybridized carbons (Fsp3) is 0.407. The molecule has 2 aromatic carbocycles. The summed E-state index contributed by atoms with van der Waals surface area (Å²) in [4.78, 5) is 25.1. The molecule has 40 heavy (non-hydrogen) atoms. The number of carboxylic acids is 1. The molecule has 12 nitrogen and oxygen atoms in total. The number of carbonyl (C=O) groups is 2. The number of nitrogens with zero attached hydrogens (tertiary/aromatic N) is 1. The quantitative estimate of drug-likeness (QED) is 0.358. The molecule has 0 spiro atoms. The Morgan fingerprint density at radius 2 is 1.93 bits per heavy atom. The van der Waals surface area contributed by atoms with Crippen molar-refractivity contribution in [2.75, 3.05) is 6.61 Å². The summed E-state index contributed by atoms with van der Waals surface area (Å²) in [6.07, 6.45) is 2.87. The van der Waals surface area contributed by atoms with Gasteiger partial charge in [0.05, 0.1) is 6.61 Å². The third kappa shape index (κ3) is 5.92. The summed E-state index contributed by atoms with van der Waals surface area (Å²) in [6, 6.07) is 11.4. The first-order valence-corrected chi connectivity index (χ1v) is 14.4. The van der Waals surface area contributed by atoms with Crippen molar-refractivity contribution in [3.63, 3.8) is 0 Å². The number of hydrogen-bond donors (Lipinski definition) is 3. The normalized spacial score (nSPS) is 27.6. The van der Waals surface area contributed by atoms with Crippen LogP contribution in [0.3, 0.4) is 0 Å². The van der Waals surface area contributed by atoms with E-state index in [0.717, 1.165) is 5.39 Å². The lowest BCUT2D eigenvalue weighted by Crippen LogP contribution is -2.40. The average Bonchev–Trinajstić information content (AvgIpc) is 3.40. The van der Waals surface area contributed by atoms with Crippen LogP contribution in [0.25, 0.3) is 10.8 Å². The Hall–Kier alpha value is -3.25. The van der Waals surface area contributed by atoms with E-state index in [1.54, 1.807) is 55.4 Å². The van der Waals surface area contributed by atoms with E-state index < -0.39 is 56.0 Å². The smallest absolute Gasteiger partial charge is 0.459 e. The lowest BCUT2D eigenvalue weighted by Gasteiger charge is -2.31. The first kappa shape index (κ1) is 28.3. The van der Waals surface area contributed by atoms with Crippen LogP contribution in [-0.4, -0.2) is 64.9 Å². The predicted octanol–water partition coefficient (Wildman–Crippen LogP) is 3.24. The molecular weight excluding hydrogens is 541 g/mol. The van der Waals surface area contributed by atoms with Gasteiger partial charge in [-0.1, -0.05) is 42.5 Å². The minimum atomic E-state index is -4.26. The van der Waals surface area contributed by atoms with E-state index in [-0.39, 0.29) is 12.4 Å². The minimum Gasteiger partial charge on any atom is -0.480 e. The number of ether oxygens (including phenoxy) is 3. The van der Waals surface area contributed by atoms with E-state index in [9.17, 15) is 19.3 Å². The molecule has 3 heterocycles. The number of amides is 1. The van der Waals surface area contributed by atoms with E-state index in [0.29, 0.717) is 17.4 Å². The molecule has 13 heteroatoms. The Labute approximate surface area is 231 Å². The molecule has 0 bridgehead atoms. The van der Waals surface area contributed by atoms with Crippen LogP contribution in [0.15, 0.2) is 66.5 Å². The highest BCUT2D eigenvalue weighted by atomic mass is 31.2. The summed E-state index contributed by atoms with van der Waals surface area (Å²) in [7, 11) is -4.26. The van der Waals surface area contributed by atoms with Crippen molar-refractivity contribution in [3.8, 4) is 5.75 Å². The number of carboxylic acid groups (broad SMARTS) is 1. The lowest BCUT2D eigenvalue weighted by atomic mass is 10.1. The number of nitrogens with one attached hydrogen (secondary N) is 1. The van der Waals surface area contributed by atoms with Gasteiger partial charge in [-0.15, -0.1) is 0 Å². The van der Waals surface area contributed by atoms with Crippen molar-refractivity contribution < 1.29 is 42.5 Å². The van der Waals surface area contributed by atoms with Crippen molar-refractivity contribution >= 4 is 30.4 Å². The zero-order valence-electron chi connectivity index (χ0n) is 22.3. The van der Waals surface area contributed by atoms with Gasteiger partial charge in [0, 0.05) is 23.4 Å². The summed E-state index contributed by atoms with van der Waals surface area (Å²) in [5, 5.41) is 13.5. The van der Waals surface area contributed by atoms with E-state index in [1.165, 1.54) is 6.92 Å². The summed E-state index contributed by atoms with van der Waals surface area (Å²) < 4.78 is 44.2. The van der Waals surface area contributed by atoms with Gasteiger partial charge in [0.1, 0.15) is 30.1 Å². The molecule has 2 aromatic rings. The fourth-order valence-electron chi connectivity index (χ4n) is 4.89. The number of rotatable bonds is 10. The SMILES string of the molecule is C[C@H](NP(=O)(OC[C@H]1O[C@@H](N2C=CCC(C(N)=O)=C2)[C@@H]2OC(C)(C)O[C@@H]21)Oc1cccc2ccccc12)C(=O)O. The van der Waals surface area contributed by atoms with Gasteiger partial charge < -0.3 is 34.5 Å². The highest BCUT2D eigenvalue weighted by Crippen LogP contribution is 2.48. The van der Waals surface area contributed by atoms with Crippen molar-refractivity contribution in [1.29, 1.82) is 0 Å². The molecule has 0 saturated carbocycles. The van der Waals surface area contributed by atoms with E-state index in [2.05, 4.69) is 5.09 Å². The maximum absolute atomic E-state index is 14.0. The molecular formula is C27H32N3O9P. The van der Waals surface area contributed by atoms with Crippen LogP contribution < -0.4 is 15.3 Å². The standard InChI is InChI=1S/C27H32N3O9P/c1-16(26(32)33)29-40(34,39-20-12-6-9-17-8-4-5-11-19(17)20)35-15-21-22-23(38-27(2,3)37-22)25(36-21)30-13-7-10-18(14-30)24(28)31/h4-9,11-14,16,21-23,25H,10,15H2,1-3H3,(H2,28,31)(H,29,34)(H,32,33)/t16-,21+,22+,23+,25+,40?/m0/s1. The number of fused-ring (bicyclic) bond motifs is 2. The molecule has 0 radical (unpaired) electrons. The van der Waals surface area contributed by atoms with Gasteiger partial charge in [-0.05, 0) is 38.6 Å². The number of carbonyl (C=O) groups excluding carboxylic acids is 1. The van der Waals surface area contributed by atoms with Crippen molar-refractivity contribution in [3.05, 3.63) is 66.5 Å². The van der Waals surface area contributed by atoms with Crippen LogP contribution in [0.5, 0.6) is 5.75 Å². The lowest BCUT2D eigenvalue weighted by molar-refractivity contribution is -0.201. The Morgan fingerprint density at radius 3 is 2.67 bits per heavy atom. The summed E-state index contributed by atoms with van der Waals surface area (Å²) in [6.45, 7) is 4.59. The Kier molecular flexibility index (Phi) is 7.75. The molecule has 1 amide bonds. The van der Waals surface area contributed by atoms with Crippen LogP contribution in [0.4, 0.5) is 0 Å². The second-order valence-corrected chi connectivity index (χ2v) is 11.9. The maximum atomic E-state index is 14.0. The van der Waals surface area contributed by atoms with Gasteiger partial charge in [-0.3, -0.25) is 14.1 Å². The van der Waals surface area contributed by atoms with Gasteiger partial charge in [0.25, 0.3) is 0 Å². The molecule has 1 unspecified atom stereocenters. The zero-order valence-corrected chi connectivity index (χ0v) is 23.2. The molecule has 4 N–H and O–H groups in total. The fourth-order valence-corrected chi connectivity index (χ4v) is 6.42. The second-order valence-electron chi connectivity index (χ2n) is 10.2. The number of hydrogen-bond acceptors (Lipinski definition) is 9. The molecule has 3 aliphatic rings. The molecule has 6 atom stereocenters. The summed E-state index contributed by atoms with van der Waals surface area (Å²) >= 11 is 0. The largest absolute Gasteiger partial charge is 0.480 e. The van der Waals surface area contributed by atoms with Crippen LogP contribution in [0, 0.1) is 0 Å². The van der Waals surface area contributed by atoms with Gasteiger partial charge in [0.2, 0.25) is 5.91 Å². The van der Waals surface area contributed by atoms with Crippen molar-refractivity contribution in [1.82, 2.24) is 9.99 Å². The molecule has 0 aromatic heterocycles. The van der Waals surface area contributed by atoms with Crippen molar-refractivity contribution in [2.24, 2.45) is 5.73 Å². The van der Waals surface area contributed by atoms with Crippen molar-refractivity contribution in [2.45, 2.75) is 63.6 Å². The highest BCUT2D eigenvalue weighted by molar-refractivity contribution is 7.52. The van der Waals surface area contributed by atoms with Gasteiger partial charge in [0.15, 0.2) is 12.0 Å². The van der Waals surface area contributed by atoms with Crippen LogP contribution in [-0.2, 0) is 32.9 Å². The molecule has 3 aliphatic heterocycles. The second kappa shape index (κ2) is 11.0. The number of nitrogens with two attached hydrogens (primary N) is 1. The predicted molar refractivity (Wildman–Crippen MR) is 144 cm³/mol. The number of benzene rings is 2. The van der Waals surface area contributed by atoms with Crippen LogP contribution in [0.1, 0.15) is 27.2 Å². The Bertz CT molecular complexity index is 1410. The van der Waals surface area contributed by atoms with E-state index in [1.807, 2.05) is 24.3 Å². The molecule has 0 aliphatic carbocycles. The van der Waals surface area contributed by atoms with Crippen LogP contribution >= 0.6 is 7.75 Å². The summed E-state index contributed by atoms with van der Waals surface area (Å²) in [5.41, 5.74) is 5.88.